The van der Waals surface area contributed by atoms with Crippen LogP contribution in [0.3, 0.4) is 0 Å². The SMILES string of the molecule is CC(C)C(=O)c1cc2cccn2cn1. The summed E-state index contributed by atoms with van der Waals surface area (Å²) in [6.07, 6.45) is 3.58. The Bertz CT molecular complexity index is 471. The third-order valence-corrected chi connectivity index (χ3v) is 2.19. The van der Waals surface area contributed by atoms with Crippen molar-refractivity contribution in [2.24, 2.45) is 5.92 Å². The van der Waals surface area contributed by atoms with E-state index in [2.05, 4.69) is 4.98 Å². The maximum atomic E-state index is 11.6. The molecule has 0 fully saturated rings. The van der Waals surface area contributed by atoms with Gasteiger partial charge in [-0.25, -0.2) is 4.98 Å². The van der Waals surface area contributed by atoms with Crippen LogP contribution in [0, 0.1) is 5.92 Å². The van der Waals surface area contributed by atoms with Crippen molar-refractivity contribution in [1.29, 1.82) is 0 Å². The molecule has 0 amide bonds. The van der Waals surface area contributed by atoms with Crippen molar-refractivity contribution in [3.05, 3.63) is 36.4 Å². The molecule has 2 rings (SSSR count). The van der Waals surface area contributed by atoms with Gasteiger partial charge in [-0.15, -0.1) is 0 Å². The zero-order chi connectivity index (χ0) is 10.1. The van der Waals surface area contributed by atoms with E-state index in [4.69, 9.17) is 0 Å². The van der Waals surface area contributed by atoms with Crippen LogP contribution in [0.1, 0.15) is 24.3 Å². The van der Waals surface area contributed by atoms with Crippen molar-refractivity contribution >= 4 is 11.3 Å². The molecular weight excluding hydrogens is 176 g/mol. The minimum Gasteiger partial charge on any atom is -0.308 e. The van der Waals surface area contributed by atoms with Crippen LogP contribution >= 0.6 is 0 Å². The monoisotopic (exact) mass is 188 g/mol. The fourth-order valence-electron chi connectivity index (χ4n) is 1.37. The molecule has 0 radical (unpaired) electrons. The second kappa shape index (κ2) is 3.25. The lowest BCUT2D eigenvalue weighted by Crippen LogP contribution is -2.09. The van der Waals surface area contributed by atoms with Crippen molar-refractivity contribution in [2.45, 2.75) is 13.8 Å². The molecule has 2 aromatic rings. The van der Waals surface area contributed by atoms with Crippen LogP contribution in [-0.2, 0) is 0 Å². The van der Waals surface area contributed by atoms with Crippen LogP contribution < -0.4 is 0 Å². The predicted molar refractivity (Wildman–Crippen MR) is 54.4 cm³/mol. The summed E-state index contributed by atoms with van der Waals surface area (Å²) in [6.45, 7) is 3.76. The van der Waals surface area contributed by atoms with E-state index in [1.165, 1.54) is 0 Å². The maximum absolute atomic E-state index is 11.6. The largest absolute Gasteiger partial charge is 0.308 e. The quantitative estimate of drug-likeness (QED) is 0.677. The highest BCUT2D eigenvalue weighted by atomic mass is 16.1. The fraction of sp³-hybridized carbons (Fsp3) is 0.273. The summed E-state index contributed by atoms with van der Waals surface area (Å²) in [4.78, 5) is 15.8. The average Bonchev–Trinajstić information content (AvgIpc) is 2.62. The molecule has 0 N–H and O–H groups in total. The van der Waals surface area contributed by atoms with Gasteiger partial charge in [-0.2, -0.15) is 0 Å². The smallest absolute Gasteiger partial charge is 0.183 e. The van der Waals surface area contributed by atoms with Gasteiger partial charge in [0.1, 0.15) is 5.69 Å². The molecule has 0 spiro atoms. The summed E-state index contributed by atoms with van der Waals surface area (Å²) in [7, 11) is 0. The standard InChI is InChI=1S/C11H12N2O/c1-8(2)11(14)10-6-9-4-3-5-13(9)7-12-10/h3-8H,1-2H3. The number of carbonyl (C=O) groups excluding carboxylic acids is 1. The topological polar surface area (TPSA) is 34.4 Å². The molecule has 0 saturated carbocycles. The van der Waals surface area contributed by atoms with E-state index in [0.29, 0.717) is 5.69 Å². The highest BCUT2D eigenvalue weighted by molar-refractivity contribution is 5.96. The number of carbonyl (C=O) groups is 1. The molecular formula is C11H12N2O. The highest BCUT2D eigenvalue weighted by Gasteiger charge is 2.11. The van der Waals surface area contributed by atoms with Gasteiger partial charge in [0.25, 0.3) is 0 Å². The third-order valence-electron chi connectivity index (χ3n) is 2.19. The average molecular weight is 188 g/mol. The number of rotatable bonds is 2. The van der Waals surface area contributed by atoms with Crippen molar-refractivity contribution in [3.63, 3.8) is 0 Å². The first-order valence-electron chi connectivity index (χ1n) is 4.65. The molecule has 0 saturated heterocycles. The summed E-state index contributed by atoms with van der Waals surface area (Å²) >= 11 is 0. The maximum Gasteiger partial charge on any atom is 0.183 e. The van der Waals surface area contributed by atoms with E-state index in [9.17, 15) is 4.79 Å². The number of fused-ring (bicyclic) bond motifs is 1. The molecule has 2 aromatic heterocycles. The first-order chi connectivity index (χ1) is 6.68. The van der Waals surface area contributed by atoms with E-state index in [0.717, 1.165) is 5.52 Å². The molecule has 0 aliphatic rings. The Morgan fingerprint density at radius 2 is 2.29 bits per heavy atom. The second-order valence-electron chi connectivity index (χ2n) is 3.63. The molecule has 2 heterocycles. The molecule has 3 nitrogen and oxygen atoms in total. The molecule has 0 atom stereocenters. The van der Waals surface area contributed by atoms with Crippen molar-refractivity contribution in [2.75, 3.05) is 0 Å². The number of hydrogen-bond donors (Lipinski definition) is 0. The minimum atomic E-state index is -0.0000813. The number of hydrogen-bond acceptors (Lipinski definition) is 2. The molecule has 0 bridgehead atoms. The van der Waals surface area contributed by atoms with Gasteiger partial charge in [0, 0.05) is 17.6 Å². The Morgan fingerprint density at radius 3 is 3.00 bits per heavy atom. The molecule has 72 valence electrons. The summed E-state index contributed by atoms with van der Waals surface area (Å²) in [6, 6.07) is 5.71. The highest BCUT2D eigenvalue weighted by Crippen LogP contribution is 2.09. The summed E-state index contributed by atoms with van der Waals surface area (Å²) in [5.41, 5.74) is 1.55. The zero-order valence-electron chi connectivity index (χ0n) is 8.27. The first-order valence-corrected chi connectivity index (χ1v) is 4.65. The predicted octanol–water partition coefficient (Wildman–Crippen LogP) is 2.17. The summed E-state index contributed by atoms with van der Waals surface area (Å²) in [5, 5.41) is 0. The molecule has 0 aromatic carbocycles. The van der Waals surface area contributed by atoms with Crippen LogP contribution in [0.15, 0.2) is 30.7 Å². The van der Waals surface area contributed by atoms with Crippen molar-refractivity contribution in [1.82, 2.24) is 9.38 Å². The van der Waals surface area contributed by atoms with Gasteiger partial charge in [-0.1, -0.05) is 13.8 Å². The number of Topliss-reactive ketones (excluding diaryl/α,β-unsaturated/α-hetero) is 1. The molecule has 0 aliphatic heterocycles. The van der Waals surface area contributed by atoms with Gasteiger partial charge in [0.2, 0.25) is 0 Å². The summed E-state index contributed by atoms with van der Waals surface area (Å²) < 4.78 is 1.89. The van der Waals surface area contributed by atoms with Crippen LogP contribution in [0.25, 0.3) is 5.52 Å². The van der Waals surface area contributed by atoms with E-state index in [1.807, 2.05) is 42.6 Å². The van der Waals surface area contributed by atoms with Crippen LogP contribution in [-0.4, -0.2) is 15.2 Å². The Hall–Kier alpha value is -1.64. The van der Waals surface area contributed by atoms with E-state index < -0.39 is 0 Å². The molecule has 0 unspecified atom stereocenters. The minimum absolute atomic E-state index is 0.0000813. The Labute approximate surface area is 82.4 Å². The lowest BCUT2D eigenvalue weighted by molar-refractivity contribution is 0.0934. The van der Waals surface area contributed by atoms with Gasteiger partial charge in [0.15, 0.2) is 5.78 Å². The van der Waals surface area contributed by atoms with Gasteiger partial charge >= 0.3 is 0 Å². The van der Waals surface area contributed by atoms with E-state index in [1.54, 1.807) is 6.33 Å². The molecule has 0 aliphatic carbocycles. The van der Waals surface area contributed by atoms with Crippen LogP contribution in [0.2, 0.25) is 0 Å². The lowest BCUT2D eigenvalue weighted by atomic mass is 10.1. The molecule has 3 heteroatoms. The van der Waals surface area contributed by atoms with Gasteiger partial charge in [-0.05, 0) is 18.2 Å². The third kappa shape index (κ3) is 1.41. The summed E-state index contributed by atoms with van der Waals surface area (Å²) in [5.74, 6) is 0.0913. The normalized spacial score (nSPS) is 11.1. The number of nitrogens with zero attached hydrogens (tertiary/aromatic N) is 2. The Balaban J connectivity index is 2.48. The fourth-order valence-corrected chi connectivity index (χ4v) is 1.37. The van der Waals surface area contributed by atoms with Crippen LogP contribution in [0.4, 0.5) is 0 Å². The second-order valence-corrected chi connectivity index (χ2v) is 3.63. The van der Waals surface area contributed by atoms with Crippen molar-refractivity contribution < 1.29 is 4.79 Å². The lowest BCUT2D eigenvalue weighted by Gasteiger charge is -2.03. The zero-order valence-corrected chi connectivity index (χ0v) is 8.27. The number of aromatic nitrogens is 2. The van der Waals surface area contributed by atoms with Crippen molar-refractivity contribution in [3.8, 4) is 0 Å². The van der Waals surface area contributed by atoms with Gasteiger partial charge in [-0.3, -0.25) is 4.79 Å². The van der Waals surface area contributed by atoms with E-state index >= 15 is 0 Å². The first kappa shape index (κ1) is 8.94. The molecule has 14 heavy (non-hydrogen) atoms. The van der Waals surface area contributed by atoms with Crippen LogP contribution in [0.5, 0.6) is 0 Å². The van der Waals surface area contributed by atoms with E-state index in [-0.39, 0.29) is 11.7 Å². The van der Waals surface area contributed by atoms with Gasteiger partial charge < -0.3 is 4.40 Å². The van der Waals surface area contributed by atoms with Gasteiger partial charge in [0.05, 0.1) is 6.33 Å². The number of ketones is 1. The Morgan fingerprint density at radius 1 is 1.50 bits per heavy atom. The Kier molecular flexibility index (Phi) is 2.08.